The SMILES string of the molecule is CCO[Si](C)(OCC)OCC.O=C(OCC(O)(C(F)(F)F)C(F)(F)F)C1CC2CCC1C2. The van der Waals surface area contributed by atoms with Crippen LogP contribution in [0.25, 0.3) is 0 Å². The maximum Gasteiger partial charge on any atom is 0.497 e. The van der Waals surface area contributed by atoms with Gasteiger partial charge in [-0.05, 0) is 51.9 Å². The van der Waals surface area contributed by atoms with Crippen LogP contribution in [0.3, 0.4) is 0 Å². The van der Waals surface area contributed by atoms with Crippen LogP contribution in [0, 0.1) is 17.8 Å². The molecule has 3 atom stereocenters. The van der Waals surface area contributed by atoms with Crippen molar-refractivity contribution < 1.29 is 54.3 Å². The molecule has 0 saturated heterocycles. The lowest BCUT2D eigenvalue weighted by atomic mass is 9.89. The number of halogens is 6. The standard InChI is InChI=1S/C12H14F6O3.C7H18O3Si/c13-11(14,15)10(20,12(16,17)18)5-21-9(19)8-4-6-1-2-7(8)3-6;1-5-8-11(4,9-6-2)10-7-3/h6-8,20H,1-5H2;5-7H2,1-4H3. The maximum atomic E-state index is 12.4. The fourth-order valence-corrected chi connectivity index (χ4v) is 5.88. The molecule has 0 aliphatic heterocycles. The fraction of sp³-hybridized carbons (Fsp3) is 0.947. The molecule has 3 unspecified atom stereocenters. The molecule has 2 fully saturated rings. The van der Waals surface area contributed by atoms with Gasteiger partial charge in [-0.3, -0.25) is 4.79 Å². The van der Waals surface area contributed by atoms with Crippen LogP contribution >= 0.6 is 0 Å². The Balaban J connectivity index is 0.000000396. The van der Waals surface area contributed by atoms with E-state index >= 15 is 0 Å². The number of aliphatic hydroxyl groups is 1. The Morgan fingerprint density at radius 1 is 0.906 bits per heavy atom. The lowest BCUT2D eigenvalue weighted by Crippen LogP contribution is -2.60. The minimum atomic E-state index is -5.97. The van der Waals surface area contributed by atoms with Crippen LogP contribution in [-0.2, 0) is 22.8 Å². The number of rotatable bonds is 9. The highest BCUT2D eigenvalue weighted by molar-refractivity contribution is 6.59. The molecule has 0 aromatic rings. The highest BCUT2D eigenvalue weighted by Crippen LogP contribution is 2.49. The quantitative estimate of drug-likeness (QED) is 0.287. The summed E-state index contributed by atoms with van der Waals surface area (Å²) in [5.41, 5.74) is -5.03. The number of esters is 1. The van der Waals surface area contributed by atoms with Crippen molar-refractivity contribution in [2.24, 2.45) is 17.8 Å². The molecule has 0 spiro atoms. The molecule has 32 heavy (non-hydrogen) atoms. The van der Waals surface area contributed by atoms with Crippen molar-refractivity contribution in [1.29, 1.82) is 0 Å². The van der Waals surface area contributed by atoms with Crippen LogP contribution in [0.2, 0.25) is 6.55 Å². The topological polar surface area (TPSA) is 74.2 Å². The van der Waals surface area contributed by atoms with Crippen LogP contribution in [0.1, 0.15) is 46.5 Å². The molecule has 2 rings (SSSR count). The van der Waals surface area contributed by atoms with Crippen molar-refractivity contribution >= 4 is 14.8 Å². The molecular formula is C19H32F6O6Si. The predicted octanol–water partition coefficient (Wildman–Crippen LogP) is 4.49. The largest absolute Gasteiger partial charge is 0.497 e. The smallest absolute Gasteiger partial charge is 0.462 e. The van der Waals surface area contributed by atoms with E-state index in [4.69, 9.17) is 18.4 Å². The van der Waals surface area contributed by atoms with Gasteiger partial charge in [0.05, 0.1) is 5.92 Å². The van der Waals surface area contributed by atoms with Gasteiger partial charge < -0.3 is 23.1 Å². The van der Waals surface area contributed by atoms with Crippen LogP contribution in [0.4, 0.5) is 26.3 Å². The molecule has 1 N–H and O–H groups in total. The number of hydrogen-bond acceptors (Lipinski definition) is 6. The molecule has 0 heterocycles. The number of ether oxygens (including phenoxy) is 1. The van der Waals surface area contributed by atoms with Gasteiger partial charge in [0.15, 0.2) is 0 Å². The van der Waals surface area contributed by atoms with E-state index in [0.717, 1.165) is 19.3 Å². The molecule has 190 valence electrons. The van der Waals surface area contributed by atoms with Gasteiger partial charge in [0.25, 0.3) is 5.60 Å². The highest BCUT2D eigenvalue weighted by Gasteiger charge is 2.71. The summed E-state index contributed by atoms with van der Waals surface area (Å²) in [5.74, 6) is -1.49. The van der Waals surface area contributed by atoms with Gasteiger partial charge in [0.1, 0.15) is 6.61 Å². The van der Waals surface area contributed by atoms with Gasteiger partial charge in [0.2, 0.25) is 0 Å². The summed E-state index contributed by atoms with van der Waals surface area (Å²) in [4.78, 5) is 11.7. The summed E-state index contributed by atoms with van der Waals surface area (Å²) in [6, 6.07) is 0. The fourth-order valence-electron chi connectivity index (χ4n) is 4.05. The van der Waals surface area contributed by atoms with Crippen molar-refractivity contribution in [2.75, 3.05) is 26.4 Å². The second kappa shape index (κ2) is 11.5. The first-order valence-electron chi connectivity index (χ1n) is 10.6. The van der Waals surface area contributed by atoms with Crippen molar-refractivity contribution in [3.05, 3.63) is 0 Å². The second-order valence-corrected chi connectivity index (χ2v) is 10.5. The van der Waals surface area contributed by atoms with Crippen molar-refractivity contribution in [1.82, 2.24) is 0 Å². The van der Waals surface area contributed by atoms with Gasteiger partial charge in [-0.15, -0.1) is 0 Å². The Bertz CT molecular complexity index is 569. The molecule has 13 heteroatoms. The first-order valence-corrected chi connectivity index (χ1v) is 12.8. The third-order valence-corrected chi connectivity index (χ3v) is 8.06. The van der Waals surface area contributed by atoms with E-state index in [1.165, 1.54) is 0 Å². The van der Waals surface area contributed by atoms with E-state index in [0.29, 0.717) is 26.2 Å². The second-order valence-electron chi connectivity index (χ2n) is 7.91. The summed E-state index contributed by atoms with van der Waals surface area (Å²) < 4.78 is 94.9. The summed E-state index contributed by atoms with van der Waals surface area (Å²) in [6.45, 7) is 7.57. The van der Waals surface area contributed by atoms with E-state index in [1.807, 2.05) is 27.3 Å². The average Bonchev–Trinajstić information content (AvgIpc) is 3.28. The van der Waals surface area contributed by atoms with E-state index in [-0.39, 0.29) is 11.8 Å². The molecule has 2 saturated carbocycles. The Kier molecular flexibility index (Phi) is 10.5. The summed E-state index contributed by atoms with van der Waals surface area (Å²) in [5, 5.41) is 8.88. The van der Waals surface area contributed by atoms with Crippen molar-refractivity contribution in [3.63, 3.8) is 0 Å². The third-order valence-electron chi connectivity index (χ3n) is 5.62. The Hall–Kier alpha value is -0.893. The van der Waals surface area contributed by atoms with Gasteiger partial charge in [-0.2, -0.15) is 26.3 Å². The summed E-state index contributed by atoms with van der Waals surface area (Å²) in [6.07, 6.45) is -9.11. The monoisotopic (exact) mass is 498 g/mol. The minimum Gasteiger partial charge on any atom is -0.462 e. The predicted molar refractivity (Wildman–Crippen MR) is 103 cm³/mol. The van der Waals surface area contributed by atoms with Crippen LogP contribution in [0.15, 0.2) is 0 Å². The number of carbonyl (C=O) groups is 1. The molecular weight excluding hydrogens is 466 g/mol. The Morgan fingerprint density at radius 2 is 1.38 bits per heavy atom. The molecule has 6 nitrogen and oxygen atoms in total. The summed E-state index contributed by atoms with van der Waals surface area (Å²) >= 11 is 0. The van der Waals surface area contributed by atoms with Gasteiger partial charge >= 0.3 is 27.1 Å². The molecule has 2 aliphatic carbocycles. The van der Waals surface area contributed by atoms with Crippen LogP contribution in [-0.4, -0.2) is 64.3 Å². The minimum absolute atomic E-state index is 0.0348. The van der Waals surface area contributed by atoms with Gasteiger partial charge in [-0.1, -0.05) is 6.42 Å². The molecule has 0 amide bonds. The maximum absolute atomic E-state index is 12.4. The van der Waals surface area contributed by atoms with Crippen LogP contribution in [0.5, 0.6) is 0 Å². The zero-order valence-corrected chi connectivity index (χ0v) is 19.6. The molecule has 2 bridgehead atoms. The molecule has 0 aromatic carbocycles. The Labute approximate surface area is 184 Å². The number of alkyl halides is 6. The van der Waals surface area contributed by atoms with E-state index in [9.17, 15) is 31.1 Å². The highest BCUT2D eigenvalue weighted by atomic mass is 28.4. The summed E-state index contributed by atoms with van der Waals surface area (Å²) in [7, 11) is -2.25. The number of fused-ring (bicyclic) bond motifs is 2. The van der Waals surface area contributed by atoms with Crippen molar-refractivity contribution in [3.8, 4) is 0 Å². The van der Waals surface area contributed by atoms with Crippen molar-refractivity contribution in [2.45, 2.75) is 71.0 Å². The first-order chi connectivity index (χ1) is 14.6. The lowest BCUT2D eigenvalue weighted by molar-refractivity contribution is -0.375. The zero-order valence-electron chi connectivity index (χ0n) is 18.6. The first kappa shape index (κ1) is 29.1. The Morgan fingerprint density at radius 3 is 1.69 bits per heavy atom. The molecule has 2 aliphatic rings. The molecule has 0 aromatic heterocycles. The van der Waals surface area contributed by atoms with E-state index in [2.05, 4.69) is 4.74 Å². The molecule has 0 radical (unpaired) electrons. The van der Waals surface area contributed by atoms with E-state index < -0.39 is 45.3 Å². The normalized spacial score (nSPS) is 23.7. The number of carbonyl (C=O) groups excluding carboxylic acids is 1. The third kappa shape index (κ3) is 7.30. The van der Waals surface area contributed by atoms with Crippen LogP contribution < -0.4 is 0 Å². The average molecular weight is 499 g/mol. The van der Waals surface area contributed by atoms with Gasteiger partial charge in [0, 0.05) is 26.4 Å². The van der Waals surface area contributed by atoms with Gasteiger partial charge in [-0.25, -0.2) is 0 Å². The zero-order chi connectivity index (χ0) is 24.8. The van der Waals surface area contributed by atoms with E-state index in [1.54, 1.807) is 0 Å². The number of hydrogen-bond donors (Lipinski definition) is 1. The lowest BCUT2D eigenvalue weighted by Gasteiger charge is -2.32.